The van der Waals surface area contributed by atoms with Crippen molar-refractivity contribution < 1.29 is 0 Å². The quantitative estimate of drug-likeness (QED) is 0.907. The van der Waals surface area contributed by atoms with Crippen LogP contribution in [0.2, 0.25) is 0 Å². The highest BCUT2D eigenvalue weighted by Crippen LogP contribution is 2.20. The summed E-state index contributed by atoms with van der Waals surface area (Å²) in [4.78, 5) is 2.31. The van der Waals surface area contributed by atoms with E-state index in [-0.39, 0.29) is 0 Å². The van der Waals surface area contributed by atoms with Crippen LogP contribution in [0.25, 0.3) is 11.3 Å². The van der Waals surface area contributed by atoms with Crippen LogP contribution in [0.4, 0.5) is 5.82 Å². The SMILES string of the molecule is Cc1cccc(-c2ccc(N3CCNCC3C)nn2)c1. The molecule has 20 heavy (non-hydrogen) atoms. The van der Waals surface area contributed by atoms with Crippen molar-refractivity contribution in [3.8, 4) is 11.3 Å². The molecule has 1 aromatic heterocycles. The molecule has 1 saturated heterocycles. The molecule has 104 valence electrons. The fraction of sp³-hybridized carbons (Fsp3) is 0.375. The first-order valence-electron chi connectivity index (χ1n) is 7.12. The molecule has 4 heteroatoms. The monoisotopic (exact) mass is 268 g/mol. The number of hydrogen-bond donors (Lipinski definition) is 1. The van der Waals surface area contributed by atoms with Gasteiger partial charge in [0.1, 0.15) is 0 Å². The minimum Gasteiger partial charge on any atom is -0.350 e. The minimum atomic E-state index is 0.461. The van der Waals surface area contributed by atoms with Gasteiger partial charge in [-0.1, -0.05) is 23.8 Å². The number of anilines is 1. The van der Waals surface area contributed by atoms with Crippen LogP contribution in [0.5, 0.6) is 0 Å². The first-order chi connectivity index (χ1) is 9.74. The molecular formula is C16H20N4. The molecule has 2 aromatic rings. The minimum absolute atomic E-state index is 0.461. The lowest BCUT2D eigenvalue weighted by atomic mass is 10.1. The van der Waals surface area contributed by atoms with E-state index in [4.69, 9.17) is 0 Å². The van der Waals surface area contributed by atoms with Gasteiger partial charge in [-0.05, 0) is 32.0 Å². The Hall–Kier alpha value is -1.94. The maximum atomic E-state index is 4.41. The number of rotatable bonds is 2. The second kappa shape index (κ2) is 5.59. The van der Waals surface area contributed by atoms with Gasteiger partial charge in [0.05, 0.1) is 5.69 Å². The fourth-order valence-corrected chi connectivity index (χ4v) is 2.62. The van der Waals surface area contributed by atoms with E-state index < -0.39 is 0 Å². The van der Waals surface area contributed by atoms with Crippen molar-refractivity contribution in [2.24, 2.45) is 0 Å². The van der Waals surface area contributed by atoms with Gasteiger partial charge >= 0.3 is 0 Å². The molecule has 3 rings (SSSR count). The maximum absolute atomic E-state index is 4.41. The Labute approximate surface area is 119 Å². The molecule has 1 aliphatic rings. The highest BCUT2D eigenvalue weighted by Gasteiger charge is 2.19. The van der Waals surface area contributed by atoms with Gasteiger partial charge in [0, 0.05) is 31.2 Å². The number of piperazine rings is 1. The third kappa shape index (κ3) is 2.65. The smallest absolute Gasteiger partial charge is 0.151 e. The molecule has 0 amide bonds. The predicted octanol–water partition coefficient (Wildman–Crippen LogP) is 2.25. The average Bonchev–Trinajstić information content (AvgIpc) is 2.48. The summed E-state index contributed by atoms with van der Waals surface area (Å²) < 4.78 is 0. The molecule has 0 bridgehead atoms. The molecule has 0 radical (unpaired) electrons. The molecule has 1 aliphatic heterocycles. The van der Waals surface area contributed by atoms with E-state index in [1.165, 1.54) is 5.56 Å². The summed E-state index contributed by atoms with van der Waals surface area (Å²) in [5.41, 5.74) is 3.29. The second-order valence-electron chi connectivity index (χ2n) is 5.39. The summed E-state index contributed by atoms with van der Waals surface area (Å²) in [5, 5.41) is 12.2. The lowest BCUT2D eigenvalue weighted by Crippen LogP contribution is -2.50. The van der Waals surface area contributed by atoms with Crippen LogP contribution in [-0.4, -0.2) is 35.9 Å². The van der Waals surface area contributed by atoms with Gasteiger partial charge in [-0.25, -0.2) is 0 Å². The van der Waals surface area contributed by atoms with Gasteiger partial charge in [0.25, 0.3) is 0 Å². The van der Waals surface area contributed by atoms with Crippen molar-refractivity contribution in [1.82, 2.24) is 15.5 Å². The Kier molecular flexibility index (Phi) is 3.65. The van der Waals surface area contributed by atoms with E-state index in [1.807, 2.05) is 0 Å². The van der Waals surface area contributed by atoms with Crippen LogP contribution < -0.4 is 10.2 Å². The maximum Gasteiger partial charge on any atom is 0.151 e. The molecule has 1 fully saturated rings. The first kappa shape index (κ1) is 13.1. The molecule has 4 nitrogen and oxygen atoms in total. The molecular weight excluding hydrogens is 248 g/mol. The molecule has 0 aliphatic carbocycles. The molecule has 1 atom stereocenters. The Bertz CT molecular complexity index is 579. The van der Waals surface area contributed by atoms with Crippen LogP contribution in [0.15, 0.2) is 36.4 Å². The topological polar surface area (TPSA) is 41.0 Å². The average molecular weight is 268 g/mol. The van der Waals surface area contributed by atoms with E-state index in [1.54, 1.807) is 0 Å². The van der Waals surface area contributed by atoms with Crippen molar-refractivity contribution >= 4 is 5.82 Å². The van der Waals surface area contributed by atoms with Gasteiger partial charge in [-0.15, -0.1) is 10.2 Å². The van der Waals surface area contributed by atoms with Crippen molar-refractivity contribution in [1.29, 1.82) is 0 Å². The standard InChI is InChI=1S/C16H20N4/c1-12-4-3-5-14(10-12)15-6-7-16(19-18-15)20-9-8-17-11-13(20)2/h3-7,10,13,17H,8-9,11H2,1-2H3. The molecule has 2 heterocycles. The lowest BCUT2D eigenvalue weighted by Gasteiger charge is -2.34. The van der Waals surface area contributed by atoms with Crippen molar-refractivity contribution in [3.05, 3.63) is 42.0 Å². The van der Waals surface area contributed by atoms with E-state index in [2.05, 4.69) is 70.7 Å². The summed E-state index contributed by atoms with van der Waals surface area (Å²) in [6.07, 6.45) is 0. The second-order valence-corrected chi connectivity index (χ2v) is 5.39. The summed E-state index contributed by atoms with van der Waals surface area (Å²) >= 11 is 0. The van der Waals surface area contributed by atoms with Crippen LogP contribution in [-0.2, 0) is 0 Å². The fourth-order valence-electron chi connectivity index (χ4n) is 2.62. The highest BCUT2D eigenvalue weighted by molar-refractivity contribution is 5.60. The molecule has 1 unspecified atom stereocenters. The van der Waals surface area contributed by atoms with Crippen LogP contribution >= 0.6 is 0 Å². The normalized spacial score (nSPS) is 19.1. The Morgan fingerprint density at radius 2 is 2.10 bits per heavy atom. The van der Waals surface area contributed by atoms with Crippen LogP contribution in [0, 0.1) is 6.92 Å². The lowest BCUT2D eigenvalue weighted by molar-refractivity contribution is 0.495. The number of aryl methyl sites for hydroxylation is 1. The number of benzene rings is 1. The number of hydrogen-bond acceptors (Lipinski definition) is 4. The zero-order chi connectivity index (χ0) is 13.9. The number of nitrogens with zero attached hydrogens (tertiary/aromatic N) is 3. The predicted molar refractivity (Wildman–Crippen MR) is 81.9 cm³/mol. The first-order valence-corrected chi connectivity index (χ1v) is 7.12. The van der Waals surface area contributed by atoms with E-state index in [0.717, 1.165) is 36.7 Å². The van der Waals surface area contributed by atoms with Crippen molar-refractivity contribution in [2.45, 2.75) is 19.9 Å². The number of aromatic nitrogens is 2. The molecule has 0 saturated carbocycles. The summed E-state index contributed by atoms with van der Waals surface area (Å²) in [6, 6.07) is 13.0. The van der Waals surface area contributed by atoms with Crippen molar-refractivity contribution in [2.75, 3.05) is 24.5 Å². The van der Waals surface area contributed by atoms with Gasteiger partial charge in [-0.3, -0.25) is 0 Å². The van der Waals surface area contributed by atoms with E-state index in [9.17, 15) is 0 Å². The van der Waals surface area contributed by atoms with Gasteiger partial charge in [0.2, 0.25) is 0 Å². The third-order valence-corrected chi connectivity index (χ3v) is 3.76. The Morgan fingerprint density at radius 1 is 1.20 bits per heavy atom. The zero-order valence-electron chi connectivity index (χ0n) is 12.0. The summed E-state index contributed by atoms with van der Waals surface area (Å²) in [6.45, 7) is 7.29. The largest absolute Gasteiger partial charge is 0.350 e. The van der Waals surface area contributed by atoms with E-state index >= 15 is 0 Å². The van der Waals surface area contributed by atoms with Gasteiger partial charge in [0.15, 0.2) is 5.82 Å². The molecule has 1 aromatic carbocycles. The van der Waals surface area contributed by atoms with Gasteiger partial charge < -0.3 is 10.2 Å². The summed E-state index contributed by atoms with van der Waals surface area (Å²) in [5.74, 6) is 0.968. The number of nitrogens with one attached hydrogen (secondary N) is 1. The van der Waals surface area contributed by atoms with Gasteiger partial charge in [-0.2, -0.15) is 0 Å². The summed E-state index contributed by atoms with van der Waals surface area (Å²) in [7, 11) is 0. The van der Waals surface area contributed by atoms with Crippen LogP contribution in [0.1, 0.15) is 12.5 Å². The molecule has 0 spiro atoms. The molecule has 1 N–H and O–H groups in total. The Balaban J connectivity index is 1.84. The van der Waals surface area contributed by atoms with Crippen molar-refractivity contribution in [3.63, 3.8) is 0 Å². The van der Waals surface area contributed by atoms with E-state index in [0.29, 0.717) is 6.04 Å². The van der Waals surface area contributed by atoms with Crippen LogP contribution in [0.3, 0.4) is 0 Å². The zero-order valence-corrected chi connectivity index (χ0v) is 12.0. The Morgan fingerprint density at radius 3 is 2.80 bits per heavy atom. The third-order valence-electron chi connectivity index (χ3n) is 3.76. The highest BCUT2D eigenvalue weighted by atomic mass is 15.3.